The van der Waals surface area contributed by atoms with E-state index in [4.69, 9.17) is 0 Å². The van der Waals surface area contributed by atoms with Crippen molar-refractivity contribution < 1.29 is 18.0 Å². The summed E-state index contributed by atoms with van der Waals surface area (Å²) in [7, 11) is 0. The van der Waals surface area contributed by atoms with Crippen LogP contribution in [0.1, 0.15) is 16.8 Å². The van der Waals surface area contributed by atoms with Gasteiger partial charge in [0.2, 0.25) is 0 Å². The molecular formula is C12H13F3N2O. The molecule has 1 aromatic rings. The van der Waals surface area contributed by atoms with E-state index in [0.717, 1.165) is 0 Å². The second kappa shape index (κ2) is 4.70. The van der Waals surface area contributed by atoms with Crippen molar-refractivity contribution in [3.8, 4) is 0 Å². The minimum absolute atomic E-state index is 0.196. The third-order valence-corrected chi connectivity index (χ3v) is 2.98. The number of rotatable bonds is 3. The molecule has 6 heteroatoms. The Labute approximate surface area is 102 Å². The van der Waals surface area contributed by atoms with E-state index >= 15 is 0 Å². The van der Waals surface area contributed by atoms with Crippen molar-refractivity contribution in [2.24, 2.45) is 0 Å². The molecule has 18 heavy (non-hydrogen) atoms. The van der Waals surface area contributed by atoms with Crippen molar-refractivity contribution in [2.45, 2.75) is 18.3 Å². The molecule has 0 radical (unpaired) electrons. The van der Waals surface area contributed by atoms with Gasteiger partial charge < -0.3 is 0 Å². The Balaban J connectivity index is 2.18. The van der Waals surface area contributed by atoms with Crippen LogP contribution in [0.15, 0.2) is 30.3 Å². The number of hydrogen-bond acceptors (Lipinski definition) is 3. The van der Waals surface area contributed by atoms with Gasteiger partial charge in [0.05, 0.1) is 6.42 Å². The Hall–Kier alpha value is -1.40. The van der Waals surface area contributed by atoms with Gasteiger partial charge in [0.1, 0.15) is 0 Å². The van der Waals surface area contributed by atoms with Gasteiger partial charge in [0.15, 0.2) is 11.4 Å². The summed E-state index contributed by atoms with van der Waals surface area (Å²) in [4.78, 5) is 11.9. The molecule has 1 saturated heterocycles. The number of benzene rings is 1. The highest BCUT2D eigenvalue weighted by Crippen LogP contribution is 2.33. The minimum Gasteiger partial charge on any atom is -0.294 e. The smallest absolute Gasteiger partial charge is 0.294 e. The molecule has 3 nitrogen and oxygen atoms in total. The number of nitrogens with one attached hydrogen (secondary N) is 2. The van der Waals surface area contributed by atoms with Gasteiger partial charge in [0, 0.05) is 18.7 Å². The van der Waals surface area contributed by atoms with Crippen LogP contribution in [0.25, 0.3) is 0 Å². The van der Waals surface area contributed by atoms with Crippen LogP contribution in [-0.4, -0.2) is 30.7 Å². The van der Waals surface area contributed by atoms with E-state index in [2.05, 4.69) is 10.6 Å². The molecule has 2 rings (SSSR count). The van der Waals surface area contributed by atoms with Gasteiger partial charge in [-0.1, -0.05) is 30.3 Å². The van der Waals surface area contributed by atoms with E-state index in [-0.39, 0.29) is 18.7 Å². The first-order valence-electron chi connectivity index (χ1n) is 5.60. The maximum atomic E-state index is 13.0. The predicted molar refractivity (Wildman–Crippen MR) is 60.2 cm³/mol. The quantitative estimate of drug-likeness (QED) is 0.811. The van der Waals surface area contributed by atoms with Gasteiger partial charge in [-0.15, -0.1) is 0 Å². The third kappa shape index (κ3) is 2.39. The van der Waals surface area contributed by atoms with E-state index in [1.165, 1.54) is 12.1 Å². The SMILES string of the molecule is O=C(CC1(C(F)(F)F)NCCN1)c1ccccc1. The molecule has 0 amide bonds. The van der Waals surface area contributed by atoms with E-state index in [1.54, 1.807) is 18.2 Å². The lowest BCUT2D eigenvalue weighted by Crippen LogP contribution is -2.61. The second-order valence-electron chi connectivity index (χ2n) is 4.22. The highest BCUT2D eigenvalue weighted by atomic mass is 19.4. The van der Waals surface area contributed by atoms with Crippen molar-refractivity contribution in [1.29, 1.82) is 0 Å². The molecule has 1 aliphatic heterocycles. The first kappa shape index (κ1) is 13.0. The van der Waals surface area contributed by atoms with E-state index in [1.807, 2.05) is 0 Å². The van der Waals surface area contributed by atoms with Crippen molar-refractivity contribution in [1.82, 2.24) is 10.6 Å². The normalized spacial score (nSPS) is 18.8. The van der Waals surface area contributed by atoms with Crippen LogP contribution in [0.5, 0.6) is 0 Å². The van der Waals surface area contributed by atoms with Crippen LogP contribution in [0.4, 0.5) is 13.2 Å². The fourth-order valence-electron chi connectivity index (χ4n) is 2.01. The van der Waals surface area contributed by atoms with Crippen molar-refractivity contribution >= 4 is 5.78 Å². The molecule has 0 aromatic heterocycles. The van der Waals surface area contributed by atoms with Crippen molar-refractivity contribution in [3.63, 3.8) is 0 Å². The summed E-state index contributed by atoms with van der Waals surface area (Å²) in [5.41, 5.74) is -2.00. The fraction of sp³-hybridized carbons (Fsp3) is 0.417. The molecule has 1 fully saturated rings. The van der Waals surface area contributed by atoms with Gasteiger partial charge in [-0.2, -0.15) is 13.2 Å². The van der Waals surface area contributed by atoms with Crippen LogP contribution in [-0.2, 0) is 0 Å². The summed E-state index contributed by atoms with van der Waals surface area (Å²) < 4.78 is 39.0. The fourth-order valence-corrected chi connectivity index (χ4v) is 2.01. The maximum Gasteiger partial charge on any atom is 0.420 e. The highest BCUT2D eigenvalue weighted by Gasteiger charge is 2.57. The van der Waals surface area contributed by atoms with Crippen LogP contribution in [0.3, 0.4) is 0 Å². The van der Waals surface area contributed by atoms with Gasteiger partial charge in [-0.05, 0) is 0 Å². The standard InChI is InChI=1S/C12H13F3N2O/c13-12(14,15)11(16-6-7-17-11)8-10(18)9-4-2-1-3-5-9/h1-5,16-17H,6-8H2. The summed E-state index contributed by atoms with van der Waals surface area (Å²) in [6, 6.07) is 8.00. The first-order chi connectivity index (χ1) is 8.45. The third-order valence-electron chi connectivity index (χ3n) is 2.98. The Morgan fingerprint density at radius 3 is 2.22 bits per heavy atom. The second-order valence-corrected chi connectivity index (χ2v) is 4.22. The largest absolute Gasteiger partial charge is 0.420 e. The van der Waals surface area contributed by atoms with Crippen LogP contribution in [0, 0.1) is 0 Å². The molecule has 0 unspecified atom stereocenters. The topological polar surface area (TPSA) is 41.1 Å². The van der Waals surface area contributed by atoms with Gasteiger partial charge >= 0.3 is 6.18 Å². The van der Waals surface area contributed by atoms with Crippen LogP contribution in [0.2, 0.25) is 0 Å². The lowest BCUT2D eigenvalue weighted by atomic mass is 9.98. The van der Waals surface area contributed by atoms with Gasteiger partial charge in [0.25, 0.3) is 0 Å². The monoisotopic (exact) mass is 258 g/mol. The summed E-state index contributed by atoms with van der Waals surface area (Å²) in [5, 5.41) is 4.71. The number of carbonyl (C=O) groups is 1. The Morgan fingerprint density at radius 1 is 1.17 bits per heavy atom. The Bertz CT molecular complexity index is 425. The molecule has 0 bridgehead atoms. The first-order valence-corrected chi connectivity index (χ1v) is 5.60. The number of Topliss-reactive ketones (excluding diaryl/α,β-unsaturated/α-hetero) is 1. The molecule has 1 heterocycles. The average molecular weight is 258 g/mol. The molecule has 0 aliphatic carbocycles. The van der Waals surface area contributed by atoms with Crippen molar-refractivity contribution in [3.05, 3.63) is 35.9 Å². The lowest BCUT2D eigenvalue weighted by Gasteiger charge is -2.31. The zero-order chi connectivity index (χ0) is 13.2. The summed E-state index contributed by atoms with van der Waals surface area (Å²) in [6.45, 7) is 0.392. The lowest BCUT2D eigenvalue weighted by molar-refractivity contribution is -0.198. The molecule has 0 saturated carbocycles. The molecule has 0 atom stereocenters. The Kier molecular flexibility index (Phi) is 3.41. The maximum absolute atomic E-state index is 13.0. The molecule has 0 spiro atoms. The Morgan fingerprint density at radius 2 is 1.72 bits per heavy atom. The van der Waals surface area contributed by atoms with Crippen molar-refractivity contribution in [2.75, 3.05) is 13.1 Å². The van der Waals surface area contributed by atoms with Crippen LogP contribution >= 0.6 is 0 Å². The summed E-state index contributed by atoms with van der Waals surface area (Å²) in [6.07, 6.45) is -5.14. The summed E-state index contributed by atoms with van der Waals surface area (Å²) in [5.74, 6) is -0.533. The van der Waals surface area contributed by atoms with Gasteiger partial charge in [-0.3, -0.25) is 15.4 Å². The number of ketones is 1. The average Bonchev–Trinajstić information content (AvgIpc) is 2.79. The van der Waals surface area contributed by atoms with E-state index < -0.39 is 24.0 Å². The van der Waals surface area contributed by atoms with E-state index in [0.29, 0.717) is 0 Å². The van der Waals surface area contributed by atoms with E-state index in [9.17, 15) is 18.0 Å². The summed E-state index contributed by atoms with van der Waals surface area (Å²) >= 11 is 0. The zero-order valence-corrected chi connectivity index (χ0v) is 9.55. The minimum atomic E-state index is -4.51. The molecule has 1 aliphatic rings. The number of carbonyl (C=O) groups excluding carboxylic acids is 1. The predicted octanol–water partition coefficient (Wildman–Crippen LogP) is 1.71. The zero-order valence-electron chi connectivity index (χ0n) is 9.55. The number of alkyl halides is 3. The number of hydrogen-bond donors (Lipinski definition) is 2. The molecule has 98 valence electrons. The van der Waals surface area contributed by atoms with Crippen LogP contribution < -0.4 is 10.6 Å². The highest BCUT2D eigenvalue weighted by molar-refractivity contribution is 5.96. The van der Waals surface area contributed by atoms with Gasteiger partial charge in [-0.25, -0.2) is 0 Å². The molecular weight excluding hydrogens is 245 g/mol. The number of halogens is 3. The molecule has 2 N–H and O–H groups in total. The molecule has 1 aromatic carbocycles.